The fourth-order valence-corrected chi connectivity index (χ4v) is 2.47. The van der Waals surface area contributed by atoms with E-state index in [2.05, 4.69) is 22.2 Å². The van der Waals surface area contributed by atoms with E-state index in [1.165, 1.54) is 13.8 Å². The minimum absolute atomic E-state index is 0.0591. The number of hydrogen-bond donors (Lipinski definition) is 3. The predicted octanol–water partition coefficient (Wildman–Crippen LogP) is 0.0259. The number of carbonyl (C=O) groups is 3. The third-order valence-corrected chi connectivity index (χ3v) is 3.88. The van der Waals surface area contributed by atoms with Gasteiger partial charge in [0.2, 0.25) is 11.8 Å². The molecule has 0 radical (unpaired) electrons. The van der Waals surface area contributed by atoms with Crippen LogP contribution in [0.1, 0.15) is 19.4 Å². The van der Waals surface area contributed by atoms with Gasteiger partial charge in [0.05, 0.1) is 12.0 Å². The molecule has 1 aromatic heterocycles. The summed E-state index contributed by atoms with van der Waals surface area (Å²) in [5.74, 6) is -2.55. The minimum atomic E-state index is -1.40. The van der Waals surface area contributed by atoms with Crippen molar-refractivity contribution in [2.24, 2.45) is 0 Å². The Morgan fingerprint density at radius 1 is 1.32 bits per heavy atom. The molecule has 2 rings (SSSR count). The SMILES string of the molecule is C=CC(=O)NC(C)(C)C(=O)NC(Cc1c[nH]c2ccccc12)C(=O)[O-]. The van der Waals surface area contributed by atoms with Crippen LogP contribution in [0.5, 0.6) is 0 Å². The summed E-state index contributed by atoms with van der Waals surface area (Å²) in [6, 6.07) is 6.22. The first-order valence-electron chi connectivity index (χ1n) is 7.76. The van der Waals surface area contributed by atoms with E-state index in [1.807, 2.05) is 24.3 Å². The first-order valence-corrected chi connectivity index (χ1v) is 7.76. The Morgan fingerprint density at radius 3 is 2.64 bits per heavy atom. The van der Waals surface area contributed by atoms with Gasteiger partial charge in [0.25, 0.3) is 0 Å². The van der Waals surface area contributed by atoms with Crippen LogP contribution in [0, 0.1) is 0 Å². The second kappa shape index (κ2) is 7.21. The van der Waals surface area contributed by atoms with E-state index in [0.29, 0.717) is 0 Å². The molecule has 0 aliphatic carbocycles. The van der Waals surface area contributed by atoms with Gasteiger partial charge >= 0.3 is 0 Å². The van der Waals surface area contributed by atoms with Crippen LogP contribution in [-0.4, -0.2) is 34.3 Å². The van der Waals surface area contributed by atoms with Gasteiger partial charge in [-0.05, 0) is 31.6 Å². The number of carboxylic acids is 1. The molecule has 1 aromatic carbocycles. The van der Waals surface area contributed by atoms with E-state index in [4.69, 9.17) is 0 Å². The number of benzene rings is 1. The minimum Gasteiger partial charge on any atom is -0.548 e. The summed E-state index contributed by atoms with van der Waals surface area (Å²) in [5.41, 5.74) is 0.330. The number of aliphatic carboxylic acids is 1. The molecule has 0 saturated heterocycles. The number of aromatic amines is 1. The molecule has 1 heterocycles. The Labute approximate surface area is 145 Å². The Bertz CT molecular complexity index is 823. The van der Waals surface area contributed by atoms with Crippen LogP contribution in [0.4, 0.5) is 0 Å². The van der Waals surface area contributed by atoms with Crippen molar-refractivity contribution in [3.8, 4) is 0 Å². The van der Waals surface area contributed by atoms with E-state index in [9.17, 15) is 19.5 Å². The van der Waals surface area contributed by atoms with Gasteiger partial charge < -0.3 is 25.5 Å². The van der Waals surface area contributed by atoms with Crippen molar-refractivity contribution in [2.45, 2.75) is 31.8 Å². The molecular formula is C18H20N3O4-. The lowest BCUT2D eigenvalue weighted by Crippen LogP contribution is -2.59. The first kappa shape index (κ1) is 18.3. The summed E-state index contributed by atoms with van der Waals surface area (Å²) in [7, 11) is 0. The van der Waals surface area contributed by atoms with Crippen LogP contribution in [-0.2, 0) is 20.8 Å². The number of nitrogens with one attached hydrogen (secondary N) is 3. The zero-order chi connectivity index (χ0) is 18.6. The highest BCUT2D eigenvalue weighted by molar-refractivity contribution is 5.96. The summed E-state index contributed by atoms with van der Waals surface area (Å²) in [5, 5.41) is 17.2. The number of hydrogen-bond acceptors (Lipinski definition) is 4. The van der Waals surface area contributed by atoms with Crippen LogP contribution in [0.3, 0.4) is 0 Å². The number of carbonyl (C=O) groups excluding carboxylic acids is 3. The average Bonchev–Trinajstić information content (AvgIpc) is 2.96. The van der Waals surface area contributed by atoms with Crippen molar-refractivity contribution in [1.29, 1.82) is 0 Å². The van der Waals surface area contributed by atoms with Gasteiger partial charge in [-0.2, -0.15) is 0 Å². The van der Waals surface area contributed by atoms with E-state index < -0.39 is 29.4 Å². The topological polar surface area (TPSA) is 114 Å². The number of para-hydroxylation sites is 1. The average molecular weight is 342 g/mol. The number of aromatic nitrogens is 1. The number of fused-ring (bicyclic) bond motifs is 1. The monoisotopic (exact) mass is 342 g/mol. The molecule has 132 valence electrons. The van der Waals surface area contributed by atoms with Crippen molar-refractivity contribution in [3.05, 3.63) is 48.7 Å². The second-order valence-corrected chi connectivity index (χ2v) is 6.23. The largest absolute Gasteiger partial charge is 0.548 e. The molecule has 0 aliphatic rings. The first-order chi connectivity index (χ1) is 11.7. The lowest BCUT2D eigenvalue weighted by molar-refractivity contribution is -0.308. The lowest BCUT2D eigenvalue weighted by atomic mass is 10.0. The Kier molecular flexibility index (Phi) is 5.26. The van der Waals surface area contributed by atoms with Crippen LogP contribution in [0.2, 0.25) is 0 Å². The summed E-state index contributed by atoms with van der Waals surface area (Å²) in [6.07, 6.45) is 2.80. The van der Waals surface area contributed by atoms with Crippen molar-refractivity contribution in [2.75, 3.05) is 0 Å². The quantitative estimate of drug-likeness (QED) is 0.616. The van der Waals surface area contributed by atoms with E-state index in [-0.39, 0.29) is 6.42 Å². The molecule has 1 unspecified atom stereocenters. The van der Waals surface area contributed by atoms with Gasteiger partial charge in [-0.15, -0.1) is 0 Å². The number of H-pyrrole nitrogens is 1. The Hall–Kier alpha value is -3.09. The summed E-state index contributed by atoms with van der Waals surface area (Å²) >= 11 is 0. The van der Waals surface area contributed by atoms with Gasteiger partial charge in [0.1, 0.15) is 5.54 Å². The fourth-order valence-electron chi connectivity index (χ4n) is 2.47. The maximum Gasteiger partial charge on any atom is 0.245 e. The summed E-state index contributed by atoms with van der Waals surface area (Å²) in [6.45, 7) is 6.27. The molecule has 0 saturated carbocycles. The maximum atomic E-state index is 12.4. The van der Waals surface area contributed by atoms with Crippen molar-refractivity contribution in [1.82, 2.24) is 15.6 Å². The Balaban J connectivity index is 2.16. The van der Waals surface area contributed by atoms with Crippen LogP contribution >= 0.6 is 0 Å². The van der Waals surface area contributed by atoms with Crippen molar-refractivity contribution in [3.63, 3.8) is 0 Å². The molecule has 0 fully saturated rings. The summed E-state index contributed by atoms with van der Waals surface area (Å²) in [4.78, 5) is 38.3. The molecule has 1 atom stereocenters. The molecule has 25 heavy (non-hydrogen) atoms. The summed E-state index contributed by atoms with van der Waals surface area (Å²) < 4.78 is 0. The molecule has 3 N–H and O–H groups in total. The van der Waals surface area contributed by atoms with Crippen molar-refractivity contribution >= 4 is 28.7 Å². The smallest absolute Gasteiger partial charge is 0.245 e. The standard InChI is InChI=1S/C18H21N3O4/c1-4-15(22)21-18(2,3)17(25)20-14(16(23)24)9-11-10-19-13-8-6-5-7-12(11)13/h4-8,10,14,19H,1,9H2,2-3H3,(H,20,25)(H,21,22)(H,23,24)/p-1. The zero-order valence-electron chi connectivity index (χ0n) is 14.1. The molecule has 2 amide bonds. The number of amides is 2. The van der Waals surface area contributed by atoms with Crippen molar-refractivity contribution < 1.29 is 19.5 Å². The van der Waals surface area contributed by atoms with Crippen LogP contribution in [0.25, 0.3) is 10.9 Å². The molecule has 0 aliphatic heterocycles. The maximum absolute atomic E-state index is 12.4. The number of rotatable bonds is 7. The van der Waals surface area contributed by atoms with E-state index in [1.54, 1.807) is 6.20 Å². The third-order valence-electron chi connectivity index (χ3n) is 3.88. The molecule has 0 spiro atoms. The highest BCUT2D eigenvalue weighted by Crippen LogP contribution is 2.19. The van der Waals surface area contributed by atoms with Gasteiger partial charge in [-0.3, -0.25) is 9.59 Å². The predicted molar refractivity (Wildman–Crippen MR) is 91.4 cm³/mol. The second-order valence-electron chi connectivity index (χ2n) is 6.23. The molecule has 7 nitrogen and oxygen atoms in total. The highest BCUT2D eigenvalue weighted by Gasteiger charge is 2.30. The fraction of sp³-hybridized carbons (Fsp3) is 0.278. The zero-order valence-corrected chi connectivity index (χ0v) is 14.1. The van der Waals surface area contributed by atoms with Gasteiger partial charge in [-0.25, -0.2) is 0 Å². The lowest BCUT2D eigenvalue weighted by Gasteiger charge is -2.28. The number of carboxylic acid groups (broad SMARTS) is 1. The molecule has 7 heteroatoms. The van der Waals surface area contributed by atoms with E-state index >= 15 is 0 Å². The van der Waals surface area contributed by atoms with Crippen LogP contribution < -0.4 is 15.7 Å². The normalized spacial score (nSPS) is 12.4. The van der Waals surface area contributed by atoms with Crippen LogP contribution in [0.15, 0.2) is 43.1 Å². The molecule has 2 aromatic rings. The van der Waals surface area contributed by atoms with Gasteiger partial charge in [0, 0.05) is 23.5 Å². The van der Waals surface area contributed by atoms with E-state index in [0.717, 1.165) is 22.5 Å². The molecule has 0 bridgehead atoms. The third kappa shape index (κ3) is 4.26. The van der Waals surface area contributed by atoms with Gasteiger partial charge in [-0.1, -0.05) is 24.8 Å². The van der Waals surface area contributed by atoms with Gasteiger partial charge in [0.15, 0.2) is 0 Å². The highest BCUT2D eigenvalue weighted by atomic mass is 16.4. The molecular weight excluding hydrogens is 322 g/mol. The Morgan fingerprint density at radius 2 is 2.00 bits per heavy atom.